The van der Waals surface area contributed by atoms with Gasteiger partial charge in [0.2, 0.25) is 0 Å². The van der Waals surface area contributed by atoms with Crippen molar-refractivity contribution in [3.05, 3.63) is 52.5 Å². The van der Waals surface area contributed by atoms with Gasteiger partial charge < -0.3 is 9.47 Å². The number of nitrogens with zero attached hydrogens (tertiary/aromatic N) is 1. The van der Waals surface area contributed by atoms with E-state index in [-0.39, 0.29) is 10.7 Å². The Kier molecular flexibility index (Phi) is 6.14. The summed E-state index contributed by atoms with van der Waals surface area (Å²) in [5, 5.41) is 4.06. The van der Waals surface area contributed by atoms with Gasteiger partial charge in [0.25, 0.3) is 0 Å². The molecule has 0 heterocycles. The summed E-state index contributed by atoms with van der Waals surface area (Å²) in [4.78, 5) is 0. The van der Waals surface area contributed by atoms with Crippen molar-refractivity contribution in [1.82, 2.24) is 0 Å². The number of rotatable bonds is 6. The molecule has 25 heavy (non-hydrogen) atoms. The molecule has 0 fully saturated rings. The number of nitrogens with one attached hydrogen (secondary N) is 1. The minimum absolute atomic E-state index is 0.0608. The van der Waals surface area contributed by atoms with Crippen molar-refractivity contribution in [2.24, 2.45) is 5.10 Å². The molecule has 134 valence electrons. The van der Waals surface area contributed by atoms with Crippen LogP contribution >= 0.6 is 11.6 Å². The van der Waals surface area contributed by atoms with Crippen LogP contribution in [0.25, 0.3) is 0 Å². The Morgan fingerprint density at radius 1 is 1.16 bits per heavy atom. The molecular formula is C17H16ClF3N2O2. The number of halogens is 4. The topological polar surface area (TPSA) is 42.8 Å². The Labute approximate surface area is 148 Å². The Hall–Kier alpha value is -2.41. The maximum absolute atomic E-state index is 12.7. The quantitative estimate of drug-likeness (QED) is 0.559. The fourth-order valence-corrected chi connectivity index (χ4v) is 2.16. The van der Waals surface area contributed by atoms with E-state index in [0.717, 1.165) is 12.1 Å². The number of ether oxygens (including phenoxy) is 2. The molecule has 0 bridgehead atoms. The number of hydrogen-bond acceptors (Lipinski definition) is 4. The third-order valence-corrected chi connectivity index (χ3v) is 3.51. The highest BCUT2D eigenvalue weighted by Crippen LogP contribution is 2.33. The molecule has 2 rings (SSSR count). The fourth-order valence-electron chi connectivity index (χ4n) is 2.00. The minimum atomic E-state index is -4.45. The van der Waals surface area contributed by atoms with Crippen LogP contribution in [-0.2, 0) is 6.18 Å². The zero-order chi connectivity index (χ0) is 18.4. The summed E-state index contributed by atoms with van der Waals surface area (Å²) in [5.74, 6) is 1.12. The second-order valence-corrected chi connectivity index (χ2v) is 5.31. The molecule has 8 heteroatoms. The van der Waals surface area contributed by atoms with Crippen LogP contribution in [0.1, 0.15) is 18.1 Å². The van der Waals surface area contributed by atoms with Crippen LogP contribution in [0.5, 0.6) is 11.5 Å². The van der Waals surface area contributed by atoms with Crippen molar-refractivity contribution in [3.8, 4) is 11.5 Å². The molecule has 0 aliphatic carbocycles. The number of hydrogen-bond donors (Lipinski definition) is 1. The summed E-state index contributed by atoms with van der Waals surface area (Å²) in [6, 6.07) is 8.15. The molecule has 0 amide bonds. The first-order chi connectivity index (χ1) is 11.8. The van der Waals surface area contributed by atoms with Crippen LogP contribution in [0.2, 0.25) is 5.02 Å². The first kappa shape index (κ1) is 18.9. The lowest BCUT2D eigenvalue weighted by molar-refractivity contribution is -0.137. The van der Waals surface area contributed by atoms with Crippen molar-refractivity contribution in [2.45, 2.75) is 13.1 Å². The molecule has 4 nitrogen and oxygen atoms in total. The third kappa shape index (κ3) is 5.03. The van der Waals surface area contributed by atoms with E-state index in [1.807, 2.05) is 6.92 Å². The van der Waals surface area contributed by atoms with E-state index >= 15 is 0 Å². The number of alkyl halides is 3. The molecule has 2 aromatic rings. The second-order valence-electron chi connectivity index (χ2n) is 4.91. The average molecular weight is 373 g/mol. The summed E-state index contributed by atoms with van der Waals surface area (Å²) in [5.41, 5.74) is 2.45. The summed E-state index contributed by atoms with van der Waals surface area (Å²) in [6.07, 6.45) is -3.01. The van der Waals surface area contributed by atoms with Crippen molar-refractivity contribution in [2.75, 3.05) is 19.1 Å². The summed E-state index contributed by atoms with van der Waals surface area (Å²) in [6.45, 7) is 2.36. The number of benzene rings is 2. The molecular weight excluding hydrogens is 357 g/mol. The van der Waals surface area contributed by atoms with Crippen molar-refractivity contribution >= 4 is 23.5 Å². The lowest BCUT2D eigenvalue weighted by Gasteiger charge is -2.10. The molecule has 0 spiro atoms. The smallest absolute Gasteiger partial charge is 0.416 e. The van der Waals surface area contributed by atoms with Gasteiger partial charge in [-0.15, -0.1) is 0 Å². The second kappa shape index (κ2) is 8.11. The van der Waals surface area contributed by atoms with E-state index in [1.165, 1.54) is 19.4 Å². The molecule has 0 saturated heterocycles. The first-order valence-corrected chi connectivity index (χ1v) is 7.69. The molecule has 0 atom stereocenters. The zero-order valence-electron chi connectivity index (χ0n) is 13.5. The number of hydrazone groups is 1. The molecule has 0 aliphatic heterocycles. The molecule has 0 aliphatic rings. The maximum Gasteiger partial charge on any atom is 0.416 e. The van der Waals surface area contributed by atoms with Crippen molar-refractivity contribution < 1.29 is 22.6 Å². The zero-order valence-corrected chi connectivity index (χ0v) is 14.3. The van der Waals surface area contributed by atoms with Crippen molar-refractivity contribution in [1.29, 1.82) is 0 Å². The van der Waals surface area contributed by atoms with Crippen LogP contribution in [-0.4, -0.2) is 19.9 Å². The lowest BCUT2D eigenvalue weighted by atomic mass is 10.2. The molecule has 2 aromatic carbocycles. The van der Waals surface area contributed by atoms with E-state index in [2.05, 4.69) is 10.5 Å². The largest absolute Gasteiger partial charge is 0.493 e. The summed E-state index contributed by atoms with van der Waals surface area (Å²) < 4.78 is 48.8. The monoisotopic (exact) mass is 372 g/mol. The Balaban J connectivity index is 2.16. The summed E-state index contributed by atoms with van der Waals surface area (Å²) >= 11 is 5.89. The fraction of sp³-hybridized carbons (Fsp3) is 0.235. The standard InChI is InChI=1S/C17H16ClF3N2O2/c1-3-25-15-7-4-11(8-16(15)24-2)10-22-23-14-9-12(17(19,20)21)5-6-13(14)18/h4-10,23H,3H2,1-2H3/b22-10-. The lowest BCUT2D eigenvalue weighted by Crippen LogP contribution is -2.05. The van der Waals surface area contributed by atoms with E-state index in [9.17, 15) is 13.2 Å². The van der Waals surface area contributed by atoms with Gasteiger partial charge in [-0.25, -0.2) is 0 Å². The van der Waals surface area contributed by atoms with Gasteiger partial charge in [0, 0.05) is 0 Å². The Bertz CT molecular complexity index is 764. The molecule has 0 unspecified atom stereocenters. The van der Waals surface area contributed by atoms with Crippen LogP contribution in [0.3, 0.4) is 0 Å². The number of anilines is 1. The Morgan fingerprint density at radius 3 is 2.56 bits per heavy atom. The highest BCUT2D eigenvalue weighted by atomic mass is 35.5. The van der Waals surface area contributed by atoms with Gasteiger partial charge in [-0.1, -0.05) is 11.6 Å². The number of methoxy groups -OCH3 is 1. The Morgan fingerprint density at radius 2 is 1.92 bits per heavy atom. The molecule has 0 aromatic heterocycles. The van der Waals surface area contributed by atoms with Gasteiger partial charge in [0.05, 0.1) is 36.2 Å². The van der Waals surface area contributed by atoms with Crippen molar-refractivity contribution in [3.63, 3.8) is 0 Å². The first-order valence-electron chi connectivity index (χ1n) is 7.31. The SMILES string of the molecule is CCOc1ccc(/C=N\Nc2cc(C(F)(F)F)ccc2Cl)cc1OC. The van der Waals surface area contributed by atoms with Gasteiger partial charge in [0.1, 0.15) is 0 Å². The van der Waals surface area contributed by atoms with Crippen LogP contribution in [0, 0.1) is 0 Å². The average Bonchev–Trinajstić information content (AvgIpc) is 2.57. The predicted molar refractivity (Wildman–Crippen MR) is 91.8 cm³/mol. The third-order valence-electron chi connectivity index (χ3n) is 3.18. The van der Waals surface area contributed by atoms with E-state index in [4.69, 9.17) is 21.1 Å². The maximum atomic E-state index is 12.7. The predicted octanol–water partition coefficient (Wildman–Crippen LogP) is 5.21. The van der Waals surface area contributed by atoms with Gasteiger partial charge in [-0.05, 0) is 48.9 Å². The van der Waals surface area contributed by atoms with E-state index in [0.29, 0.717) is 23.7 Å². The van der Waals surface area contributed by atoms with Crippen LogP contribution < -0.4 is 14.9 Å². The van der Waals surface area contributed by atoms with E-state index in [1.54, 1.807) is 18.2 Å². The van der Waals surface area contributed by atoms with Crippen LogP contribution in [0.15, 0.2) is 41.5 Å². The van der Waals surface area contributed by atoms with Gasteiger partial charge in [-0.3, -0.25) is 5.43 Å². The molecule has 0 saturated carbocycles. The van der Waals surface area contributed by atoms with E-state index < -0.39 is 11.7 Å². The summed E-state index contributed by atoms with van der Waals surface area (Å²) in [7, 11) is 1.51. The van der Waals surface area contributed by atoms with Gasteiger partial charge in [-0.2, -0.15) is 18.3 Å². The highest BCUT2D eigenvalue weighted by molar-refractivity contribution is 6.33. The minimum Gasteiger partial charge on any atom is -0.493 e. The molecule has 0 radical (unpaired) electrons. The molecule has 1 N–H and O–H groups in total. The van der Waals surface area contributed by atoms with Gasteiger partial charge in [0.15, 0.2) is 11.5 Å². The normalized spacial score (nSPS) is 11.6. The van der Waals surface area contributed by atoms with Gasteiger partial charge >= 0.3 is 6.18 Å². The van der Waals surface area contributed by atoms with Crippen LogP contribution in [0.4, 0.5) is 18.9 Å². The highest BCUT2D eigenvalue weighted by Gasteiger charge is 2.30.